The molecule has 0 radical (unpaired) electrons. The number of carbonyl (C=O) groups is 1. The number of fused-ring (bicyclic) bond motifs is 2. The van der Waals surface area contributed by atoms with Gasteiger partial charge in [0.05, 0.1) is 31.0 Å². The number of nitrogens with zero attached hydrogens (tertiary/aromatic N) is 4. The zero-order valence-corrected chi connectivity index (χ0v) is 19.1. The van der Waals surface area contributed by atoms with E-state index in [0.29, 0.717) is 49.1 Å². The van der Waals surface area contributed by atoms with Crippen molar-refractivity contribution in [2.75, 3.05) is 26.3 Å². The number of nitrogens with one attached hydrogen (secondary N) is 1. The van der Waals surface area contributed by atoms with Crippen molar-refractivity contribution in [3.05, 3.63) is 70.5 Å². The second-order valence-electron chi connectivity index (χ2n) is 8.18. The van der Waals surface area contributed by atoms with Crippen molar-refractivity contribution >= 4 is 35.2 Å². The van der Waals surface area contributed by atoms with Crippen LogP contribution in [0.5, 0.6) is 0 Å². The Morgan fingerprint density at radius 3 is 2.65 bits per heavy atom. The largest absolute Gasteiger partial charge is 0.377 e. The van der Waals surface area contributed by atoms with Gasteiger partial charge in [0.15, 0.2) is 6.19 Å². The highest BCUT2D eigenvalue weighted by Gasteiger charge is 2.40. The standard InChI is InChI=1S/C24H24ClFN6O2/c25-18-5-3-17(22(9-18)30-24(28)29-15-27)4-8-23(33)32-20-11-31(12-21(32)14-34-13-20)10-16-1-6-19(26)7-2-16/h1-9,20-21H,10-14H2,(H3,28,29,30). The third-order valence-corrected chi connectivity index (χ3v) is 5.98. The Labute approximate surface area is 202 Å². The fourth-order valence-electron chi connectivity index (χ4n) is 4.30. The lowest BCUT2D eigenvalue weighted by molar-refractivity contribution is -0.150. The summed E-state index contributed by atoms with van der Waals surface area (Å²) >= 11 is 6.07. The van der Waals surface area contributed by atoms with Crippen LogP contribution in [0.3, 0.4) is 0 Å². The molecule has 2 heterocycles. The number of nitriles is 1. The number of rotatable bonds is 5. The van der Waals surface area contributed by atoms with E-state index in [1.54, 1.807) is 42.6 Å². The van der Waals surface area contributed by atoms with Gasteiger partial charge < -0.3 is 15.4 Å². The molecule has 4 rings (SSSR count). The van der Waals surface area contributed by atoms with Crippen LogP contribution in [-0.2, 0) is 16.1 Å². The lowest BCUT2D eigenvalue weighted by atomic mass is 10.0. The fourth-order valence-corrected chi connectivity index (χ4v) is 4.47. The Morgan fingerprint density at radius 1 is 1.26 bits per heavy atom. The molecule has 2 bridgehead atoms. The molecule has 8 nitrogen and oxygen atoms in total. The van der Waals surface area contributed by atoms with Crippen LogP contribution in [0.25, 0.3) is 6.08 Å². The Hall–Kier alpha value is -3.45. The van der Waals surface area contributed by atoms with Gasteiger partial charge in [-0.15, -0.1) is 0 Å². The molecule has 0 aliphatic carbocycles. The highest BCUT2D eigenvalue weighted by molar-refractivity contribution is 6.30. The van der Waals surface area contributed by atoms with E-state index in [1.165, 1.54) is 18.2 Å². The molecule has 2 aliphatic heterocycles. The predicted octanol–water partition coefficient (Wildman–Crippen LogP) is 2.62. The second-order valence-corrected chi connectivity index (χ2v) is 8.62. The van der Waals surface area contributed by atoms with Crippen molar-refractivity contribution in [3.8, 4) is 6.19 Å². The SMILES string of the molecule is N#CNC(N)=Nc1cc(Cl)ccc1C=CC(=O)N1C2COCC1CN(Cc1ccc(F)cc1)C2. The number of nitrogens with two attached hydrogens (primary N) is 1. The van der Waals surface area contributed by atoms with E-state index >= 15 is 0 Å². The first kappa shape index (κ1) is 23.7. The summed E-state index contributed by atoms with van der Waals surface area (Å²) < 4.78 is 18.9. The number of hydrogen-bond acceptors (Lipinski definition) is 5. The van der Waals surface area contributed by atoms with Gasteiger partial charge in [0.2, 0.25) is 11.9 Å². The van der Waals surface area contributed by atoms with E-state index in [4.69, 9.17) is 27.3 Å². The average Bonchev–Trinajstić information content (AvgIpc) is 2.79. The van der Waals surface area contributed by atoms with Crippen LogP contribution in [0.4, 0.5) is 10.1 Å². The van der Waals surface area contributed by atoms with E-state index in [-0.39, 0.29) is 29.8 Å². The number of benzene rings is 2. The van der Waals surface area contributed by atoms with Crippen LogP contribution in [0.15, 0.2) is 53.5 Å². The number of amides is 1. The number of carbonyl (C=O) groups excluding carboxylic acids is 1. The van der Waals surface area contributed by atoms with Gasteiger partial charge >= 0.3 is 0 Å². The van der Waals surface area contributed by atoms with Crippen molar-refractivity contribution < 1.29 is 13.9 Å². The number of piperazine rings is 1. The third-order valence-electron chi connectivity index (χ3n) is 5.74. The lowest BCUT2D eigenvalue weighted by Crippen LogP contribution is -2.65. The van der Waals surface area contributed by atoms with Gasteiger partial charge in [-0.2, -0.15) is 5.26 Å². The molecule has 0 aromatic heterocycles. The van der Waals surface area contributed by atoms with Crippen LogP contribution in [0.2, 0.25) is 5.02 Å². The number of guanidine groups is 1. The van der Waals surface area contributed by atoms with E-state index < -0.39 is 0 Å². The quantitative estimate of drug-likeness (QED) is 0.223. The molecular formula is C24H24ClFN6O2. The molecule has 2 fully saturated rings. The molecule has 1 amide bonds. The van der Waals surface area contributed by atoms with Crippen LogP contribution in [0, 0.1) is 17.3 Å². The van der Waals surface area contributed by atoms with Gasteiger partial charge in [-0.25, -0.2) is 9.38 Å². The van der Waals surface area contributed by atoms with Gasteiger partial charge in [-0.05, 0) is 35.9 Å². The number of aliphatic imine (C=N–C) groups is 1. The van der Waals surface area contributed by atoms with Crippen LogP contribution >= 0.6 is 11.6 Å². The Morgan fingerprint density at radius 2 is 1.97 bits per heavy atom. The van der Waals surface area contributed by atoms with E-state index in [1.807, 2.05) is 4.90 Å². The van der Waals surface area contributed by atoms with Crippen molar-refractivity contribution in [1.29, 1.82) is 5.26 Å². The van der Waals surface area contributed by atoms with Crippen molar-refractivity contribution in [2.45, 2.75) is 18.6 Å². The van der Waals surface area contributed by atoms with Crippen molar-refractivity contribution in [1.82, 2.24) is 15.1 Å². The molecule has 176 valence electrons. The molecule has 0 saturated carbocycles. The highest BCUT2D eigenvalue weighted by Crippen LogP contribution is 2.27. The van der Waals surface area contributed by atoms with E-state index in [9.17, 15) is 9.18 Å². The van der Waals surface area contributed by atoms with Gasteiger partial charge in [0.25, 0.3) is 0 Å². The molecule has 3 N–H and O–H groups in total. The minimum Gasteiger partial charge on any atom is -0.377 e. The maximum Gasteiger partial charge on any atom is 0.247 e. The molecule has 34 heavy (non-hydrogen) atoms. The average molecular weight is 483 g/mol. The van der Waals surface area contributed by atoms with Gasteiger partial charge in [-0.1, -0.05) is 29.8 Å². The molecule has 2 aliphatic rings. The summed E-state index contributed by atoms with van der Waals surface area (Å²) in [6.45, 7) is 2.95. The summed E-state index contributed by atoms with van der Waals surface area (Å²) in [6, 6.07) is 11.4. The van der Waals surface area contributed by atoms with Gasteiger partial charge in [-0.3, -0.25) is 15.0 Å². The second kappa shape index (κ2) is 10.7. The van der Waals surface area contributed by atoms with E-state index in [0.717, 1.165) is 5.56 Å². The summed E-state index contributed by atoms with van der Waals surface area (Å²) in [6.07, 6.45) is 4.89. The molecule has 0 spiro atoms. The number of halogens is 2. The summed E-state index contributed by atoms with van der Waals surface area (Å²) in [5, 5.41) is 11.4. The Balaban J connectivity index is 1.47. The fraction of sp³-hybridized carbons (Fsp3) is 0.292. The monoisotopic (exact) mass is 482 g/mol. The number of ether oxygens (including phenoxy) is 1. The normalized spacial score (nSPS) is 20.9. The Bertz CT molecular complexity index is 1130. The molecule has 2 aromatic rings. The molecule has 2 atom stereocenters. The summed E-state index contributed by atoms with van der Waals surface area (Å²) in [5.74, 6) is -0.447. The van der Waals surface area contributed by atoms with Gasteiger partial charge in [0, 0.05) is 36.3 Å². The molecule has 2 aromatic carbocycles. The highest BCUT2D eigenvalue weighted by atomic mass is 35.5. The first-order chi connectivity index (χ1) is 16.4. The topological polar surface area (TPSA) is 107 Å². The summed E-state index contributed by atoms with van der Waals surface area (Å²) in [4.78, 5) is 21.5. The minimum atomic E-state index is -0.255. The summed E-state index contributed by atoms with van der Waals surface area (Å²) in [5.41, 5.74) is 7.78. The zero-order chi connectivity index (χ0) is 24.1. The number of morpholine rings is 1. The molecular weight excluding hydrogens is 459 g/mol. The predicted molar refractivity (Wildman–Crippen MR) is 127 cm³/mol. The minimum absolute atomic E-state index is 0.0744. The van der Waals surface area contributed by atoms with Crippen LogP contribution < -0.4 is 11.1 Å². The van der Waals surface area contributed by atoms with Crippen LogP contribution in [-0.4, -0.2) is 60.1 Å². The molecule has 2 unspecified atom stereocenters. The first-order valence-corrected chi connectivity index (χ1v) is 11.1. The maximum atomic E-state index is 13.2. The molecule has 10 heteroatoms. The molecule has 2 saturated heterocycles. The smallest absolute Gasteiger partial charge is 0.247 e. The van der Waals surface area contributed by atoms with Crippen LogP contribution in [0.1, 0.15) is 11.1 Å². The summed E-state index contributed by atoms with van der Waals surface area (Å²) in [7, 11) is 0. The Kier molecular flexibility index (Phi) is 7.43. The number of hydrogen-bond donors (Lipinski definition) is 2. The van der Waals surface area contributed by atoms with Crippen molar-refractivity contribution in [3.63, 3.8) is 0 Å². The zero-order valence-electron chi connectivity index (χ0n) is 18.3. The third kappa shape index (κ3) is 5.72. The first-order valence-electron chi connectivity index (χ1n) is 10.8. The van der Waals surface area contributed by atoms with E-state index in [2.05, 4.69) is 15.2 Å². The maximum absolute atomic E-state index is 13.2. The van der Waals surface area contributed by atoms with Gasteiger partial charge in [0.1, 0.15) is 5.82 Å². The lowest BCUT2D eigenvalue weighted by Gasteiger charge is -2.49. The van der Waals surface area contributed by atoms with Crippen molar-refractivity contribution in [2.24, 2.45) is 10.7 Å².